The molecule has 140 valence electrons. The van der Waals surface area contributed by atoms with Crippen LogP contribution in [0.1, 0.15) is 21.5 Å². The van der Waals surface area contributed by atoms with E-state index in [-0.39, 0.29) is 11.5 Å². The molecule has 0 bridgehead atoms. The molecule has 0 saturated carbocycles. The van der Waals surface area contributed by atoms with Gasteiger partial charge in [0.2, 0.25) is 5.91 Å². The number of hydrogen-bond acceptors (Lipinski definition) is 4. The first-order valence-corrected chi connectivity index (χ1v) is 8.61. The Labute approximate surface area is 162 Å². The van der Waals surface area contributed by atoms with Crippen molar-refractivity contribution in [2.45, 2.75) is 6.61 Å². The summed E-state index contributed by atoms with van der Waals surface area (Å²) in [7, 11) is 0. The van der Waals surface area contributed by atoms with Crippen molar-refractivity contribution in [1.82, 2.24) is 4.98 Å². The van der Waals surface area contributed by atoms with E-state index in [4.69, 9.17) is 10.5 Å². The van der Waals surface area contributed by atoms with Crippen molar-refractivity contribution in [3.05, 3.63) is 95.8 Å². The predicted molar refractivity (Wildman–Crippen MR) is 108 cm³/mol. The van der Waals surface area contributed by atoms with Gasteiger partial charge in [0.1, 0.15) is 12.4 Å². The monoisotopic (exact) mass is 373 g/mol. The number of aromatic nitrogens is 1. The number of nitrogens with zero attached hydrogens (tertiary/aromatic N) is 1. The zero-order chi connectivity index (χ0) is 19.8. The number of carbonyl (C=O) groups is 2. The summed E-state index contributed by atoms with van der Waals surface area (Å²) in [5, 5.41) is 2.65. The van der Waals surface area contributed by atoms with E-state index in [2.05, 4.69) is 10.3 Å². The summed E-state index contributed by atoms with van der Waals surface area (Å²) in [5.41, 5.74) is 7.77. The van der Waals surface area contributed by atoms with E-state index in [9.17, 15) is 9.59 Å². The van der Waals surface area contributed by atoms with Gasteiger partial charge in [0.05, 0.1) is 11.3 Å². The van der Waals surface area contributed by atoms with Crippen LogP contribution in [0, 0.1) is 0 Å². The van der Waals surface area contributed by atoms with Crippen molar-refractivity contribution in [2.75, 3.05) is 5.32 Å². The van der Waals surface area contributed by atoms with Crippen LogP contribution in [0.3, 0.4) is 0 Å². The molecule has 3 rings (SSSR count). The van der Waals surface area contributed by atoms with Crippen LogP contribution < -0.4 is 15.8 Å². The Morgan fingerprint density at radius 1 is 1.04 bits per heavy atom. The van der Waals surface area contributed by atoms with Gasteiger partial charge in [-0.15, -0.1) is 0 Å². The number of nitrogens with two attached hydrogens (primary N) is 1. The van der Waals surface area contributed by atoms with Gasteiger partial charge in [-0.2, -0.15) is 0 Å². The molecular formula is C22H19N3O3. The lowest BCUT2D eigenvalue weighted by atomic mass is 10.1. The lowest BCUT2D eigenvalue weighted by Crippen LogP contribution is -2.16. The Bertz CT molecular complexity index is 983. The molecule has 0 aliphatic carbocycles. The lowest BCUT2D eigenvalue weighted by molar-refractivity contribution is -0.111. The molecule has 6 heteroatoms. The van der Waals surface area contributed by atoms with Crippen LogP contribution in [0.5, 0.6) is 5.75 Å². The highest BCUT2D eigenvalue weighted by atomic mass is 16.5. The van der Waals surface area contributed by atoms with Gasteiger partial charge in [-0.25, -0.2) is 0 Å². The van der Waals surface area contributed by atoms with Crippen LogP contribution >= 0.6 is 0 Å². The van der Waals surface area contributed by atoms with E-state index in [1.54, 1.807) is 42.7 Å². The van der Waals surface area contributed by atoms with Crippen molar-refractivity contribution in [3.8, 4) is 5.75 Å². The molecule has 0 unspecified atom stereocenters. The second-order valence-corrected chi connectivity index (χ2v) is 5.95. The second-order valence-electron chi connectivity index (χ2n) is 5.95. The number of primary amides is 1. The maximum Gasteiger partial charge on any atom is 0.250 e. The Balaban J connectivity index is 1.57. The van der Waals surface area contributed by atoms with Gasteiger partial charge in [0, 0.05) is 24.0 Å². The smallest absolute Gasteiger partial charge is 0.250 e. The maximum atomic E-state index is 12.1. The number of benzene rings is 2. The highest BCUT2D eigenvalue weighted by molar-refractivity contribution is 6.07. The Morgan fingerprint density at radius 2 is 1.82 bits per heavy atom. The van der Waals surface area contributed by atoms with E-state index in [1.807, 2.05) is 36.4 Å². The van der Waals surface area contributed by atoms with E-state index in [0.717, 1.165) is 16.9 Å². The Kier molecular flexibility index (Phi) is 6.15. The topological polar surface area (TPSA) is 94.3 Å². The fourth-order valence-corrected chi connectivity index (χ4v) is 2.48. The first-order chi connectivity index (χ1) is 13.6. The number of carbonyl (C=O) groups excluding carboxylic acids is 2. The van der Waals surface area contributed by atoms with Gasteiger partial charge in [0.25, 0.3) is 5.91 Å². The molecule has 6 nitrogen and oxygen atoms in total. The predicted octanol–water partition coefficient (Wildman–Crippen LogP) is 3.41. The number of pyridine rings is 1. The van der Waals surface area contributed by atoms with Gasteiger partial charge in [0.15, 0.2) is 0 Å². The number of nitrogens with one attached hydrogen (secondary N) is 1. The largest absolute Gasteiger partial charge is 0.489 e. The lowest BCUT2D eigenvalue weighted by Gasteiger charge is -2.07. The minimum Gasteiger partial charge on any atom is -0.489 e. The molecule has 0 spiro atoms. The van der Waals surface area contributed by atoms with Gasteiger partial charge in [-0.1, -0.05) is 30.3 Å². The summed E-state index contributed by atoms with van der Waals surface area (Å²) in [6.07, 6.45) is 6.54. The zero-order valence-electron chi connectivity index (χ0n) is 15.0. The van der Waals surface area contributed by atoms with E-state index >= 15 is 0 Å². The molecule has 3 aromatic rings. The van der Waals surface area contributed by atoms with Crippen LogP contribution in [-0.4, -0.2) is 16.8 Å². The van der Waals surface area contributed by atoms with Crippen LogP contribution in [0.4, 0.5) is 5.69 Å². The van der Waals surface area contributed by atoms with Crippen molar-refractivity contribution < 1.29 is 14.3 Å². The molecule has 0 aliphatic heterocycles. The van der Waals surface area contributed by atoms with Crippen LogP contribution in [0.15, 0.2) is 79.1 Å². The molecule has 0 saturated heterocycles. The number of para-hydroxylation sites is 1. The number of hydrogen-bond donors (Lipinski definition) is 2. The third-order valence-corrected chi connectivity index (χ3v) is 3.89. The first kappa shape index (κ1) is 18.8. The van der Waals surface area contributed by atoms with Gasteiger partial charge in [-0.3, -0.25) is 14.6 Å². The summed E-state index contributed by atoms with van der Waals surface area (Å²) in [4.78, 5) is 27.5. The minimum atomic E-state index is -0.596. The summed E-state index contributed by atoms with van der Waals surface area (Å²) < 4.78 is 5.70. The molecule has 2 aromatic carbocycles. The van der Waals surface area contributed by atoms with E-state index in [1.165, 1.54) is 6.08 Å². The summed E-state index contributed by atoms with van der Waals surface area (Å²) >= 11 is 0. The van der Waals surface area contributed by atoms with Gasteiger partial charge < -0.3 is 15.8 Å². The van der Waals surface area contributed by atoms with Gasteiger partial charge >= 0.3 is 0 Å². The number of rotatable bonds is 7. The Hall–Kier alpha value is -3.93. The third kappa shape index (κ3) is 5.28. The fourth-order valence-electron chi connectivity index (χ4n) is 2.48. The third-order valence-electron chi connectivity index (χ3n) is 3.89. The summed E-state index contributed by atoms with van der Waals surface area (Å²) in [6.45, 7) is 0.435. The van der Waals surface area contributed by atoms with E-state index < -0.39 is 5.91 Å². The molecule has 1 heterocycles. The summed E-state index contributed by atoms with van der Waals surface area (Å²) in [6, 6.07) is 17.7. The number of amides is 2. The highest BCUT2D eigenvalue weighted by Gasteiger charge is 2.08. The average molecular weight is 373 g/mol. The first-order valence-electron chi connectivity index (χ1n) is 8.61. The quantitative estimate of drug-likeness (QED) is 0.621. The molecule has 0 radical (unpaired) electrons. The van der Waals surface area contributed by atoms with Crippen LogP contribution in [-0.2, 0) is 11.4 Å². The molecule has 0 aliphatic rings. The van der Waals surface area contributed by atoms with Crippen LogP contribution in [0.2, 0.25) is 0 Å². The SMILES string of the molecule is NC(=O)c1ccccc1NC(=O)/C=C/c1ccc(OCc2cccnc2)cc1. The molecule has 28 heavy (non-hydrogen) atoms. The van der Waals surface area contributed by atoms with Gasteiger partial charge in [-0.05, 0) is 42.0 Å². The molecule has 2 amide bonds. The fraction of sp³-hybridized carbons (Fsp3) is 0.0455. The highest BCUT2D eigenvalue weighted by Crippen LogP contribution is 2.16. The van der Waals surface area contributed by atoms with Crippen molar-refractivity contribution in [3.63, 3.8) is 0 Å². The summed E-state index contributed by atoms with van der Waals surface area (Å²) in [5.74, 6) is -0.229. The molecule has 0 atom stereocenters. The van der Waals surface area contributed by atoms with Crippen molar-refractivity contribution >= 4 is 23.6 Å². The van der Waals surface area contributed by atoms with E-state index in [0.29, 0.717) is 12.3 Å². The molecular weight excluding hydrogens is 354 g/mol. The maximum absolute atomic E-state index is 12.1. The molecule has 0 fully saturated rings. The number of anilines is 1. The average Bonchev–Trinajstić information content (AvgIpc) is 2.72. The molecule has 3 N–H and O–H groups in total. The molecule has 1 aromatic heterocycles. The van der Waals surface area contributed by atoms with Crippen LogP contribution in [0.25, 0.3) is 6.08 Å². The van der Waals surface area contributed by atoms with Crippen molar-refractivity contribution in [1.29, 1.82) is 0 Å². The number of ether oxygens (including phenoxy) is 1. The normalized spacial score (nSPS) is 10.6. The zero-order valence-corrected chi connectivity index (χ0v) is 15.0. The van der Waals surface area contributed by atoms with Crippen molar-refractivity contribution in [2.24, 2.45) is 5.73 Å². The second kappa shape index (κ2) is 9.14. The Morgan fingerprint density at radius 3 is 2.54 bits per heavy atom. The minimum absolute atomic E-state index is 0.263. The standard InChI is InChI=1S/C22H19N3O3/c23-22(27)19-5-1-2-6-20(19)25-21(26)12-9-16-7-10-18(11-8-16)28-15-17-4-3-13-24-14-17/h1-14H,15H2,(H2,23,27)(H,25,26)/b12-9+.